The molecule has 0 amide bonds. The number of nitrogens with two attached hydrogens (primary N) is 1. The molecular formula is C10H17N2+. The lowest BCUT2D eigenvalue weighted by atomic mass is 10.2. The van der Waals surface area contributed by atoms with Gasteiger partial charge in [0.1, 0.15) is 6.54 Å². The Bertz CT molecular complexity index is 196. The zero-order valence-electron chi connectivity index (χ0n) is 7.59. The minimum atomic E-state index is 1.08. The van der Waals surface area contributed by atoms with Crippen molar-refractivity contribution in [3.8, 4) is 0 Å². The summed E-state index contributed by atoms with van der Waals surface area (Å²) in [5, 5.41) is 5.43. The number of benzene rings is 1. The van der Waals surface area contributed by atoms with E-state index in [4.69, 9.17) is 0 Å². The van der Waals surface area contributed by atoms with E-state index < -0.39 is 0 Å². The smallest absolute Gasteiger partial charge is 0.101 e. The van der Waals surface area contributed by atoms with Crippen molar-refractivity contribution in [2.45, 2.75) is 6.54 Å². The minimum absolute atomic E-state index is 1.08. The van der Waals surface area contributed by atoms with E-state index in [2.05, 4.69) is 41.0 Å². The summed E-state index contributed by atoms with van der Waals surface area (Å²) in [7, 11) is 1.98. The predicted octanol–water partition coefficient (Wildman–Crippen LogP) is -0.0306. The standard InChI is InChI=1S/C10H16N2/c1-11-7-8-12-9-10-5-3-2-4-6-10/h2-6,11-12H,7-9H2,1H3/p+1. The van der Waals surface area contributed by atoms with Gasteiger partial charge >= 0.3 is 0 Å². The van der Waals surface area contributed by atoms with Crippen molar-refractivity contribution in [1.29, 1.82) is 0 Å². The molecule has 12 heavy (non-hydrogen) atoms. The van der Waals surface area contributed by atoms with Gasteiger partial charge in [0.05, 0.1) is 6.54 Å². The summed E-state index contributed by atoms with van der Waals surface area (Å²) in [6, 6.07) is 10.5. The van der Waals surface area contributed by atoms with Crippen LogP contribution in [0.4, 0.5) is 0 Å². The lowest BCUT2D eigenvalue weighted by Gasteiger charge is -2.00. The molecule has 0 bridgehead atoms. The molecule has 1 rings (SSSR count). The Morgan fingerprint density at radius 3 is 2.67 bits per heavy atom. The van der Waals surface area contributed by atoms with Crippen molar-refractivity contribution in [3.05, 3.63) is 35.9 Å². The number of hydrogen-bond acceptors (Lipinski definition) is 1. The van der Waals surface area contributed by atoms with Crippen LogP contribution in [0.3, 0.4) is 0 Å². The van der Waals surface area contributed by atoms with Crippen LogP contribution in [-0.4, -0.2) is 20.1 Å². The highest BCUT2D eigenvalue weighted by Crippen LogP contribution is 1.93. The van der Waals surface area contributed by atoms with Crippen LogP contribution in [0.5, 0.6) is 0 Å². The van der Waals surface area contributed by atoms with Crippen molar-refractivity contribution in [3.63, 3.8) is 0 Å². The summed E-state index contributed by atoms with van der Waals surface area (Å²) in [5.74, 6) is 0. The quantitative estimate of drug-likeness (QED) is 0.589. The van der Waals surface area contributed by atoms with Crippen LogP contribution in [0.1, 0.15) is 5.56 Å². The molecule has 2 heteroatoms. The summed E-state index contributed by atoms with van der Waals surface area (Å²) < 4.78 is 0. The molecule has 3 N–H and O–H groups in total. The van der Waals surface area contributed by atoms with Crippen LogP contribution in [0.2, 0.25) is 0 Å². The highest BCUT2D eigenvalue weighted by atomic mass is 14.9. The maximum atomic E-state index is 3.12. The van der Waals surface area contributed by atoms with Gasteiger partial charge < -0.3 is 10.6 Å². The van der Waals surface area contributed by atoms with Crippen LogP contribution >= 0.6 is 0 Å². The molecule has 0 saturated heterocycles. The zero-order chi connectivity index (χ0) is 8.65. The van der Waals surface area contributed by atoms with Crippen LogP contribution in [-0.2, 0) is 6.54 Å². The van der Waals surface area contributed by atoms with E-state index in [1.54, 1.807) is 0 Å². The number of likely N-dealkylation sites (N-methyl/N-ethyl adjacent to an activating group) is 1. The number of rotatable bonds is 5. The van der Waals surface area contributed by atoms with Crippen molar-refractivity contribution in [1.82, 2.24) is 5.32 Å². The minimum Gasteiger partial charge on any atom is -0.341 e. The Morgan fingerprint density at radius 1 is 1.25 bits per heavy atom. The lowest BCUT2D eigenvalue weighted by molar-refractivity contribution is -0.668. The molecule has 1 aromatic carbocycles. The van der Waals surface area contributed by atoms with Gasteiger partial charge in [-0.15, -0.1) is 0 Å². The van der Waals surface area contributed by atoms with Gasteiger partial charge in [0.25, 0.3) is 0 Å². The predicted molar refractivity (Wildman–Crippen MR) is 50.9 cm³/mol. The third-order valence-corrected chi connectivity index (χ3v) is 1.82. The Labute approximate surface area is 74.0 Å². The van der Waals surface area contributed by atoms with Gasteiger partial charge in [0.15, 0.2) is 0 Å². The average Bonchev–Trinajstić information content (AvgIpc) is 2.14. The average molecular weight is 165 g/mol. The molecule has 0 aliphatic rings. The molecule has 0 unspecified atom stereocenters. The molecule has 1 aromatic rings. The van der Waals surface area contributed by atoms with Crippen molar-refractivity contribution in [2.75, 3.05) is 20.1 Å². The van der Waals surface area contributed by atoms with Crippen LogP contribution in [0.25, 0.3) is 0 Å². The third kappa shape index (κ3) is 3.51. The van der Waals surface area contributed by atoms with Crippen molar-refractivity contribution >= 4 is 0 Å². The molecule has 0 radical (unpaired) electrons. The van der Waals surface area contributed by atoms with Crippen molar-refractivity contribution in [2.24, 2.45) is 0 Å². The topological polar surface area (TPSA) is 28.6 Å². The SMILES string of the molecule is CNCC[NH2+]Cc1ccccc1. The van der Waals surface area contributed by atoms with Gasteiger partial charge in [0, 0.05) is 12.1 Å². The van der Waals surface area contributed by atoms with Gasteiger partial charge in [-0.25, -0.2) is 0 Å². The summed E-state index contributed by atoms with van der Waals surface area (Å²) in [4.78, 5) is 0. The Balaban J connectivity index is 2.16. The van der Waals surface area contributed by atoms with E-state index in [1.807, 2.05) is 7.05 Å². The number of nitrogens with one attached hydrogen (secondary N) is 1. The monoisotopic (exact) mass is 165 g/mol. The third-order valence-electron chi connectivity index (χ3n) is 1.82. The molecule has 0 atom stereocenters. The van der Waals surface area contributed by atoms with Gasteiger partial charge in [0.2, 0.25) is 0 Å². The molecule has 0 saturated carbocycles. The number of hydrogen-bond donors (Lipinski definition) is 2. The molecule has 0 aromatic heterocycles. The molecule has 0 aliphatic heterocycles. The highest BCUT2D eigenvalue weighted by molar-refractivity contribution is 5.12. The van der Waals surface area contributed by atoms with E-state index in [9.17, 15) is 0 Å². The normalized spacial score (nSPS) is 10.1. The first-order valence-electron chi connectivity index (χ1n) is 4.43. The summed E-state index contributed by atoms with van der Waals surface area (Å²) in [5.41, 5.74) is 1.40. The van der Waals surface area contributed by atoms with Crippen LogP contribution in [0, 0.1) is 0 Å². The summed E-state index contributed by atoms with van der Waals surface area (Å²) in [6.45, 7) is 3.31. The second-order valence-electron chi connectivity index (χ2n) is 2.87. The molecule has 0 fully saturated rings. The fourth-order valence-corrected chi connectivity index (χ4v) is 1.13. The van der Waals surface area contributed by atoms with E-state index in [-0.39, 0.29) is 0 Å². The molecular weight excluding hydrogens is 148 g/mol. The zero-order valence-corrected chi connectivity index (χ0v) is 7.59. The fraction of sp³-hybridized carbons (Fsp3) is 0.400. The molecule has 0 spiro atoms. The highest BCUT2D eigenvalue weighted by Gasteiger charge is 1.91. The van der Waals surface area contributed by atoms with E-state index in [0.717, 1.165) is 19.6 Å². The van der Waals surface area contributed by atoms with E-state index in [1.165, 1.54) is 5.56 Å². The first kappa shape index (κ1) is 9.23. The first-order chi connectivity index (χ1) is 5.93. The molecule has 66 valence electrons. The molecule has 0 heterocycles. The Kier molecular flexibility index (Phi) is 4.42. The molecule has 2 nitrogen and oxygen atoms in total. The Morgan fingerprint density at radius 2 is 2.00 bits per heavy atom. The maximum Gasteiger partial charge on any atom is 0.101 e. The maximum absolute atomic E-state index is 3.12. The van der Waals surface area contributed by atoms with Crippen LogP contribution < -0.4 is 10.6 Å². The van der Waals surface area contributed by atoms with Gasteiger partial charge in [-0.2, -0.15) is 0 Å². The van der Waals surface area contributed by atoms with Crippen LogP contribution in [0.15, 0.2) is 30.3 Å². The number of quaternary nitrogens is 1. The fourth-order valence-electron chi connectivity index (χ4n) is 1.13. The molecule has 0 aliphatic carbocycles. The second-order valence-corrected chi connectivity index (χ2v) is 2.87. The first-order valence-corrected chi connectivity index (χ1v) is 4.43. The second kappa shape index (κ2) is 5.75. The van der Waals surface area contributed by atoms with E-state index in [0.29, 0.717) is 0 Å². The summed E-state index contributed by atoms with van der Waals surface area (Å²) in [6.07, 6.45) is 0. The van der Waals surface area contributed by atoms with Gasteiger partial charge in [-0.05, 0) is 7.05 Å². The van der Waals surface area contributed by atoms with Crippen molar-refractivity contribution < 1.29 is 5.32 Å². The van der Waals surface area contributed by atoms with E-state index >= 15 is 0 Å². The summed E-state index contributed by atoms with van der Waals surface area (Å²) >= 11 is 0. The van der Waals surface area contributed by atoms with Gasteiger partial charge in [-0.3, -0.25) is 0 Å². The Hall–Kier alpha value is -0.860. The lowest BCUT2D eigenvalue weighted by Crippen LogP contribution is -2.84. The van der Waals surface area contributed by atoms with Gasteiger partial charge in [-0.1, -0.05) is 30.3 Å². The largest absolute Gasteiger partial charge is 0.341 e.